The maximum absolute atomic E-state index is 11.8. The molecule has 0 atom stereocenters. The standard InChI is InChI=1S/C30H47BrN2O4/c1-2-3-4-5-6-7-8-9-10-11-12-13-14-15-16-17-18-19-20-21-29(34)32-22-24-36-26-27-37-25-23-33-30(35)28-31/h3-4,6-7,9-10,12-13,15-16,18-19H,2,5,8,11,14,17,20-28H2,1H3,(H,32,34)(H,33,35)/b4-3+,7-6+,10-9+,13-12+,16-15+,19-18+. The molecule has 0 heterocycles. The molecule has 0 unspecified atom stereocenters. The Kier molecular flexibility index (Phi) is 28.2. The Labute approximate surface area is 233 Å². The second-order valence-corrected chi connectivity index (χ2v) is 8.57. The molecule has 7 heteroatoms. The molecule has 0 aliphatic carbocycles. The summed E-state index contributed by atoms with van der Waals surface area (Å²) in [7, 11) is 0. The minimum absolute atomic E-state index is 0.0295. The van der Waals surface area contributed by atoms with Crippen molar-refractivity contribution in [3.05, 3.63) is 72.9 Å². The van der Waals surface area contributed by atoms with Crippen LogP contribution in [-0.4, -0.2) is 56.7 Å². The lowest BCUT2D eigenvalue weighted by Crippen LogP contribution is -2.28. The first-order valence-corrected chi connectivity index (χ1v) is 14.5. The van der Waals surface area contributed by atoms with E-state index in [4.69, 9.17) is 9.47 Å². The number of carbonyl (C=O) groups excluding carboxylic acids is 2. The zero-order valence-corrected chi connectivity index (χ0v) is 24.1. The minimum Gasteiger partial charge on any atom is -0.377 e. The van der Waals surface area contributed by atoms with Crippen molar-refractivity contribution in [2.75, 3.05) is 44.8 Å². The molecule has 2 N–H and O–H groups in total. The highest BCUT2D eigenvalue weighted by Gasteiger charge is 1.99. The van der Waals surface area contributed by atoms with Crippen LogP contribution in [0.4, 0.5) is 0 Å². The van der Waals surface area contributed by atoms with Crippen LogP contribution in [0, 0.1) is 0 Å². The lowest BCUT2D eigenvalue weighted by Gasteiger charge is -2.07. The molecule has 0 saturated carbocycles. The summed E-state index contributed by atoms with van der Waals surface area (Å²) in [4.78, 5) is 22.8. The number of hydrogen-bond donors (Lipinski definition) is 2. The first-order valence-electron chi connectivity index (χ1n) is 13.4. The number of nitrogens with one attached hydrogen (secondary N) is 2. The number of hydrogen-bond acceptors (Lipinski definition) is 4. The van der Waals surface area contributed by atoms with Gasteiger partial charge < -0.3 is 20.1 Å². The van der Waals surface area contributed by atoms with Gasteiger partial charge in [-0.25, -0.2) is 0 Å². The van der Waals surface area contributed by atoms with Crippen molar-refractivity contribution in [1.29, 1.82) is 0 Å². The zero-order valence-electron chi connectivity index (χ0n) is 22.5. The van der Waals surface area contributed by atoms with Gasteiger partial charge in [-0.3, -0.25) is 9.59 Å². The fraction of sp³-hybridized carbons (Fsp3) is 0.533. The second kappa shape index (κ2) is 30.0. The molecule has 0 aromatic carbocycles. The molecule has 0 fully saturated rings. The van der Waals surface area contributed by atoms with E-state index in [2.05, 4.69) is 100 Å². The van der Waals surface area contributed by atoms with Gasteiger partial charge in [0.25, 0.3) is 0 Å². The Morgan fingerprint density at radius 2 is 1.00 bits per heavy atom. The molecule has 6 nitrogen and oxygen atoms in total. The normalized spacial score (nSPS) is 12.4. The summed E-state index contributed by atoms with van der Waals surface area (Å²) in [6, 6.07) is 0. The van der Waals surface area contributed by atoms with Crippen molar-refractivity contribution in [2.45, 2.75) is 58.3 Å². The molecule has 0 aliphatic rings. The molecular weight excluding hydrogens is 532 g/mol. The van der Waals surface area contributed by atoms with Crippen LogP contribution in [0.3, 0.4) is 0 Å². The number of amides is 2. The van der Waals surface area contributed by atoms with Crippen LogP contribution in [-0.2, 0) is 19.1 Å². The van der Waals surface area contributed by atoms with Crippen molar-refractivity contribution in [3.63, 3.8) is 0 Å². The lowest BCUT2D eigenvalue weighted by molar-refractivity contribution is -0.121. The van der Waals surface area contributed by atoms with Crippen LogP contribution < -0.4 is 10.6 Å². The average molecular weight is 580 g/mol. The van der Waals surface area contributed by atoms with Crippen LogP contribution in [0.1, 0.15) is 58.3 Å². The van der Waals surface area contributed by atoms with Gasteiger partial charge in [-0.15, -0.1) is 0 Å². The quantitative estimate of drug-likeness (QED) is 0.0820. The molecule has 0 spiro atoms. The second-order valence-electron chi connectivity index (χ2n) is 8.01. The number of rotatable bonds is 24. The van der Waals surface area contributed by atoms with E-state index in [1.807, 2.05) is 6.08 Å². The number of carbonyl (C=O) groups is 2. The summed E-state index contributed by atoms with van der Waals surface area (Å²) < 4.78 is 10.7. The highest BCUT2D eigenvalue weighted by molar-refractivity contribution is 9.09. The van der Waals surface area contributed by atoms with Gasteiger partial charge in [-0.2, -0.15) is 0 Å². The van der Waals surface area contributed by atoms with Crippen molar-refractivity contribution < 1.29 is 19.1 Å². The monoisotopic (exact) mass is 578 g/mol. The van der Waals surface area contributed by atoms with Crippen molar-refractivity contribution in [3.8, 4) is 0 Å². The van der Waals surface area contributed by atoms with Gasteiger partial charge in [0.05, 0.1) is 31.8 Å². The number of ether oxygens (including phenoxy) is 2. The summed E-state index contributed by atoms with van der Waals surface area (Å²) in [5.41, 5.74) is 0. The molecule has 37 heavy (non-hydrogen) atoms. The summed E-state index contributed by atoms with van der Waals surface area (Å²) in [6.45, 7) is 4.95. The van der Waals surface area contributed by atoms with Crippen LogP contribution in [0.15, 0.2) is 72.9 Å². The largest absolute Gasteiger partial charge is 0.377 e. The fourth-order valence-corrected chi connectivity index (χ4v) is 3.04. The fourth-order valence-electron chi connectivity index (χ4n) is 2.84. The smallest absolute Gasteiger partial charge is 0.230 e. The zero-order chi connectivity index (χ0) is 27.1. The van der Waals surface area contributed by atoms with Gasteiger partial charge >= 0.3 is 0 Å². The van der Waals surface area contributed by atoms with Gasteiger partial charge in [0, 0.05) is 19.5 Å². The Morgan fingerprint density at radius 3 is 1.43 bits per heavy atom. The molecule has 0 radical (unpaired) electrons. The third kappa shape index (κ3) is 29.9. The number of alkyl halides is 1. The van der Waals surface area contributed by atoms with E-state index in [1.54, 1.807) is 0 Å². The Bertz CT molecular complexity index is 727. The van der Waals surface area contributed by atoms with Crippen LogP contribution >= 0.6 is 15.9 Å². The highest BCUT2D eigenvalue weighted by atomic mass is 79.9. The van der Waals surface area contributed by atoms with E-state index in [1.165, 1.54) is 0 Å². The number of halogens is 1. The average Bonchev–Trinajstić information content (AvgIpc) is 2.90. The van der Waals surface area contributed by atoms with Gasteiger partial charge in [0.15, 0.2) is 0 Å². The van der Waals surface area contributed by atoms with Crippen LogP contribution in [0.2, 0.25) is 0 Å². The summed E-state index contributed by atoms with van der Waals surface area (Å²) >= 11 is 3.08. The molecule has 208 valence electrons. The first-order chi connectivity index (χ1) is 18.2. The Balaban J connectivity index is 3.49. The Morgan fingerprint density at radius 1 is 0.595 bits per heavy atom. The molecular formula is C30H47BrN2O4. The molecule has 0 aromatic heterocycles. The van der Waals surface area contributed by atoms with E-state index >= 15 is 0 Å². The maximum atomic E-state index is 11.8. The molecule has 0 aromatic rings. The SMILES string of the molecule is CC/C=C/C/C=C/C/C=C/C/C=C/C/C=C/C/C=C/CCC(=O)NCCOCCOCCNC(=O)CBr. The van der Waals surface area contributed by atoms with E-state index in [0.717, 1.165) is 44.9 Å². The predicted molar refractivity (Wildman–Crippen MR) is 159 cm³/mol. The molecule has 2 amide bonds. The summed E-state index contributed by atoms with van der Waals surface area (Å²) in [5.74, 6) is -0.0293. The van der Waals surface area contributed by atoms with E-state index in [0.29, 0.717) is 51.3 Å². The molecule has 0 saturated heterocycles. The molecule has 0 rings (SSSR count). The summed E-state index contributed by atoms with van der Waals surface area (Å²) in [6.07, 6.45) is 33.2. The van der Waals surface area contributed by atoms with Gasteiger partial charge in [0.2, 0.25) is 11.8 Å². The number of allylic oxidation sites excluding steroid dienone is 12. The van der Waals surface area contributed by atoms with Gasteiger partial charge in [-0.1, -0.05) is 95.8 Å². The van der Waals surface area contributed by atoms with Gasteiger partial charge in [0.1, 0.15) is 0 Å². The minimum atomic E-state index is -0.0589. The van der Waals surface area contributed by atoms with E-state index in [9.17, 15) is 9.59 Å². The Hall–Kier alpha value is -2.22. The van der Waals surface area contributed by atoms with Crippen molar-refractivity contribution in [2.24, 2.45) is 0 Å². The lowest BCUT2D eigenvalue weighted by atomic mass is 10.2. The third-order valence-electron chi connectivity index (χ3n) is 4.77. The van der Waals surface area contributed by atoms with E-state index in [-0.39, 0.29) is 11.8 Å². The molecule has 0 aliphatic heterocycles. The maximum Gasteiger partial charge on any atom is 0.230 e. The topological polar surface area (TPSA) is 76.7 Å². The van der Waals surface area contributed by atoms with E-state index < -0.39 is 0 Å². The highest BCUT2D eigenvalue weighted by Crippen LogP contribution is 1.98. The third-order valence-corrected chi connectivity index (χ3v) is 5.27. The van der Waals surface area contributed by atoms with Crippen molar-refractivity contribution in [1.82, 2.24) is 10.6 Å². The van der Waals surface area contributed by atoms with Crippen molar-refractivity contribution >= 4 is 27.7 Å². The summed E-state index contributed by atoms with van der Waals surface area (Å²) in [5, 5.41) is 5.84. The van der Waals surface area contributed by atoms with Crippen LogP contribution in [0.25, 0.3) is 0 Å². The first kappa shape index (κ1) is 34.8. The molecule has 0 bridgehead atoms. The van der Waals surface area contributed by atoms with Gasteiger partial charge in [-0.05, 0) is 44.9 Å². The van der Waals surface area contributed by atoms with Crippen LogP contribution in [0.5, 0.6) is 0 Å². The predicted octanol–water partition coefficient (Wildman–Crippen LogP) is 6.12.